The van der Waals surface area contributed by atoms with Crippen molar-refractivity contribution in [1.82, 2.24) is 7.36 Å². The molecule has 0 aliphatic rings. The second-order valence-corrected chi connectivity index (χ2v) is 5.38. The second-order valence-electron chi connectivity index (χ2n) is 3.06. The molecule has 2 rings (SSSR count). The Morgan fingerprint density at radius 1 is 1.29 bits per heavy atom. The fourth-order valence-electron chi connectivity index (χ4n) is 1.30. The van der Waals surface area contributed by atoms with Crippen LogP contribution in [0.25, 0.3) is 0 Å². The van der Waals surface area contributed by atoms with Crippen molar-refractivity contribution in [2.24, 2.45) is 0 Å². The fraction of sp³-hybridized carbons (Fsp3) is 0.100. The molecule has 1 N–H and O–H groups in total. The van der Waals surface area contributed by atoms with E-state index in [2.05, 4.69) is 4.98 Å². The Balaban J connectivity index is 2.29. The first-order valence-corrected chi connectivity index (χ1v) is 6.30. The Morgan fingerprint density at radius 2 is 2.00 bits per heavy atom. The van der Waals surface area contributed by atoms with Crippen molar-refractivity contribution in [3.8, 4) is 0 Å². The standard InChI is InChI=1S/C10H9N2O.Tl/c13-10(9-6-11-7-12-9)8-4-2-1-3-5-8;/h1-7,10,13H;/q-1;+1. The molecule has 1 aromatic carbocycles. The number of nitrogens with zero attached hydrogens (tertiary/aromatic N) is 2. The maximum absolute atomic E-state index is 9.95. The summed E-state index contributed by atoms with van der Waals surface area (Å²) in [5, 5.41) is 9.95. The molecule has 0 fully saturated rings. The Kier molecular flexibility index (Phi) is 2.97. The predicted octanol–water partition coefficient (Wildman–Crippen LogP) is 0.896. The van der Waals surface area contributed by atoms with Gasteiger partial charge in [0, 0.05) is 0 Å². The van der Waals surface area contributed by atoms with Gasteiger partial charge in [0.2, 0.25) is 0 Å². The van der Waals surface area contributed by atoms with E-state index in [1.54, 1.807) is 6.33 Å². The Labute approximate surface area is 98.5 Å². The van der Waals surface area contributed by atoms with Gasteiger partial charge in [-0.2, -0.15) is 0 Å². The molecule has 68 valence electrons. The molecule has 0 radical (unpaired) electrons. The van der Waals surface area contributed by atoms with Gasteiger partial charge < -0.3 is 0 Å². The van der Waals surface area contributed by atoms with Crippen molar-refractivity contribution in [3.63, 3.8) is 0 Å². The van der Waals surface area contributed by atoms with Crippen LogP contribution in [-0.2, 0) is 0 Å². The molecule has 3 nitrogen and oxygen atoms in total. The second kappa shape index (κ2) is 4.22. The van der Waals surface area contributed by atoms with Crippen LogP contribution in [0.5, 0.6) is 0 Å². The van der Waals surface area contributed by atoms with Gasteiger partial charge in [0.05, 0.1) is 0 Å². The molecule has 0 amide bonds. The molecular formula is C10H9N2OTl. The molecular weight excluding hydrogens is 369 g/mol. The fourth-order valence-corrected chi connectivity index (χ4v) is 2.15. The summed E-state index contributed by atoms with van der Waals surface area (Å²) >= 11 is 0.698. The molecule has 0 saturated heterocycles. The van der Waals surface area contributed by atoms with Crippen molar-refractivity contribution in [1.29, 1.82) is 0 Å². The molecule has 1 aromatic heterocycles. The molecule has 14 heavy (non-hydrogen) atoms. The average molecular weight is 378 g/mol. The summed E-state index contributed by atoms with van der Waals surface area (Å²) < 4.78 is 1.99. The average Bonchev–Trinajstić information content (AvgIpc) is 2.65. The Hall–Kier alpha value is -0.688. The zero-order valence-corrected chi connectivity index (χ0v) is 12.0. The third kappa shape index (κ3) is 2.04. The quantitative estimate of drug-likeness (QED) is 0.790. The molecule has 0 aliphatic heterocycles. The minimum absolute atomic E-state index is 0.601. The molecule has 1 heterocycles. The number of aliphatic hydroxyl groups is 1. The van der Waals surface area contributed by atoms with E-state index in [4.69, 9.17) is 0 Å². The SMILES string of the molecule is OC(c1ccccc1)c1c[n]([Tl])cn1. The monoisotopic (exact) mass is 378 g/mol. The van der Waals surface area contributed by atoms with E-state index in [0.29, 0.717) is 26.1 Å². The van der Waals surface area contributed by atoms with Gasteiger partial charge in [-0.25, -0.2) is 0 Å². The van der Waals surface area contributed by atoms with Crippen molar-refractivity contribution in [2.75, 3.05) is 0 Å². The summed E-state index contributed by atoms with van der Waals surface area (Å²) in [5.41, 5.74) is 1.61. The predicted molar refractivity (Wildman–Crippen MR) is 53.9 cm³/mol. The van der Waals surface area contributed by atoms with Gasteiger partial charge in [-0.3, -0.25) is 0 Å². The summed E-state index contributed by atoms with van der Waals surface area (Å²) in [4.78, 5) is 4.15. The van der Waals surface area contributed by atoms with Gasteiger partial charge in [-0.1, -0.05) is 0 Å². The third-order valence-electron chi connectivity index (χ3n) is 2.02. The molecule has 1 atom stereocenters. The summed E-state index contributed by atoms with van der Waals surface area (Å²) in [7, 11) is 0. The molecule has 0 bridgehead atoms. The first-order chi connectivity index (χ1) is 6.77. The molecule has 4 heteroatoms. The Bertz CT molecular complexity index is 413. The van der Waals surface area contributed by atoms with Crippen LogP contribution in [0.4, 0.5) is 0 Å². The van der Waals surface area contributed by atoms with E-state index in [0.717, 1.165) is 11.3 Å². The normalized spacial score (nSPS) is 12.6. The number of aliphatic hydroxyl groups excluding tert-OH is 1. The van der Waals surface area contributed by atoms with Crippen LogP contribution >= 0.6 is 0 Å². The summed E-state index contributed by atoms with van der Waals surface area (Å²) in [6.45, 7) is 0. The van der Waals surface area contributed by atoms with E-state index >= 15 is 0 Å². The van der Waals surface area contributed by atoms with Crippen LogP contribution in [0.2, 0.25) is 0 Å². The van der Waals surface area contributed by atoms with Crippen LogP contribution in [0.3, 0.4) is 0 Å². The maximum atomic E-state index is 9.95. The van der Waals surface area contributed by atoms with Gasteiger partial charge in [0.15, 0.2) is 0 Å². The summed E-state index contributed by atoms with van der Waals surface area (Å²) in [6.07, 6.45) is 3.05. The third-order valence-corrected chi connectivity index (χ3v) is 3.11. The van der Waals surface area contributed by atoms with Gasteiger partial charge >= 0.3 is 98.8 Å². The van der Waals surface area contributed by atoms with Gasteiger partial charge in [-0.05, 0) is 0 Å². The molecule has 0 spiro atoms. The van der Waals surface area contributed by atoms with Crippen molar-refractivity contribution in [3.05, 3.63) is 54.1 Å². The van der Waals surface area contributed by atoms with Crippen LogP contribution in [0.1, 0.15) is 17.4 Å². The molecule has 0 aliphatic carbocycles. The zero-order chi connectivity index (χ0) is 9.97. The van der Waals surface area contributed by atoms with E-state index in [1.807, 2.05) is 38.9 Å². The Morgan fingerprint density at radius 3 is 2.57 bits per heavy atom. The van der Waals surface area contributed by atoms with Crippen LogP contribution in [0, 0.1) is 0 Å². The van der Waals surface area contributed by atoms with Crippen LogP contribution in [-0.4, -0.2) is 38.5 Å². The number of aromatic nitrogens is 2. The first kappa shape index (κ1) is 9.85. The van der Waals surface area contributed by atoms with Gasteiger partial charge in [0.25, 0.3) is 0 Å². The van der Waals surface area contributed by atoms with E-state index in [-0.39, 0.29) is 0 Å². The van der Waals surface area contributed by atoms with Crippen molar-refractivity contribution < 1.29 is 5.11 Å². The number of rotatable bonds is 2. The van der Waals surface area contributed by atoms with Crippen molar-refractivity contribution in [2.45, 2.75) is 6.10 Å². The van der Waals surface area contributed by atoms with Gasteiger partial charge in [-0.15, -0.1) is 0 Å². The molecule has 1 unspecified atom stereocenters. The first-order valence-electron chi connectivity index (χ1n) is 4.29. The van der Waals surface area contributed by atoms with Crippen LogP contribution < -0.4 is 0 Å². The molecule has 2 aromatic rings. The van der Waals surface area contributed by atoms with E-state index < -0.39 is 6.10 Å². The van der Waals surface area contributed by atoms with Crippen LogP contribution in [0.15, 0.2) is 42.9 Å². The van der Waals surface area contributed by atoms with Crippen molar-refractivity contribution >= 4 is 26.1 Å². The topological polar surface area (TPSA) is 38.0 Å². The van der Waals surface area contributed by atoms with E-state index in [1.165, 1.54) is 0 Å². The summed E-state index contributed by atoms with van der Waals surface area (Å²) in [5.74, 6) is 0. The number of hydrogen-bond donors (Lipinski definition) is 1. The zero-order valence-electron chi connectivity index (χ0n) is 7.54. The number of benzene rings is 1. The summed E-state index contributed by atoms with van der Waals surface area (Å²) in [6, 6.07) is 9.57. The number of imidazole rings is 1. The van der Waals surface area contributed by atoms with E-state index in [9.17, 15) is 5.11 Å². The molecule has 0 saturated carbocycles. The van der Waals surface area contributed by atoms with Gasteiger partial charge in [0.1, 0.15) is 0 Å². The minimum atomic E-state index is -0.601. The number of hydrogen-bond acceptors (Lipinski definition) is 2.